The fourth-order valence-electron chi connectivity index (χ4n) is 1.90. The molecule has 2 nitrogen and oxygen atoms in total. The highest BCUT2D eigenvalue weighted by atomic mass is 32.2. The lowest BCUT2D eigenvalue weighted by molar-refractivity contribution is 0.360. The van der Waals surface area contributed by atoms with Gasteiger partial charge in [-0.25, -0.2) is 0 Å². The van der Waals surface area contributed by atoms with Crippen LogP contribution in [0.1, 0.15) is 6.42 Å². The summed E-state index contributed by atoms with van der Waals surface area (Å²) in [5, 5.41) is 0. The normalized spacial score (nSPS) is 23.1. The minimum atomic E-state index is 0.868. The van der Waals surface area contributed by atoms with E-state index in [2.05, 4.69) is 35.3 Å². The molecule has 0 saturated carbocycles. The highest BCUT2D eigenvalue weighted by Gasteiger charge is 2.18. The second-order valence-electron chi connectivity index (χ2n) is 3.72. The molecule has 0 aromatic heterocycles. The standard InChI is InChI=1S/C11H16N2S/c1-13-7-3-4-9(8-13)11-10(14-2)5-6-12-11/h4-5H,3,6-8H2,1-2H3. The quantitative estimate of drug-likeness (QED) is 0.689. The maximum atomic E-state index is 4.55. The Kier molecular flexibility index (Phi) is 3.08. The molecule has 0 aromatic rings. The second kappa shape index (κ2) is 4.32. The molecular formula is C11H16N2S. The number of rotatable bonds is 2. The van der Waals surface area contributed by atoms with Crippen LogP contribution >= 0.6 is 11.8 Å². The van der Waals surface area contributed by atoms with E-state index in [1.54, 1.807) is 11.8 Å². The second-order valence-corrected chi connectivity index (χ2v) is 4.57. The Morgan fingerprint density at radius 2 is 2.29 bits per heavy atom. The Hall–Kier alpha value is -0.540. The van der Waals surface area contributed by atoms with Gasteiger partial charge < -0.3 is 4.90 Å². The molecule has 0 aliphatic carbocycles. The largest absolute Gasteiger partial charge is 0.302 e. The van der Waals surface area contributed by atoms with Crippen molar-refractivity contribution < 1.29 is 0 Å². The van der Waals surface area contributed by atoms with Gasteiger partial charge in [-0.2, -0.15) is 0 Å². The van der Waals surface area contributed by atoms with Crippen LogP contribution in [0.3, 0.4) is 0 Å². The fourth-order valence-corrected chi connectivity index (χ4v) is 2.53. The third-order valence-electron chi connectivity index (χ3n) is 2.63. The third kappa shape index (κ3) is 1.93. The van der Waals surface area contributed by atoms with E-state index < -0.39 is 0 Å². The molecule has 0 radical (unpaired) electrons. The average molecular weight is 208 g/mol. The maximum Gasteiger partial charge on any atom is 0.0753 e. The molecule has 0 amide bonds. The monoisotopic (exact) mass is 208 g/mol. The summed E-state index contributed by atoms with van der Waals surface area (Å²) in [6.45, 7) is 3.10. The molecule has 14 heavy (non-hydrogen) atoms. The van der Waals surface area contributed by atoms with E-state index in [4.69, 9.17) is 0 Å². The van der Waals surface area contributed by atoms with E-state index in [1.165, 1.54) is 22.7 Å². The van der Waals surface area contributed by atoms with Crippen molar-refractivity contribution in [1.29, 1.82) is 0 Å². The van der Waals surface area contributed by atoms with Gasteiger partial charge in [-0.3, -0.25) is 4.99 Å². The van der Waals surface area contributed by atoms with Gasteiger partial charge in [0.2, 0.25) is 0 Å². The number of allylic oxidation sites excluding steroid dienone is 1. The van der Waals surface area contributed by atoms with Gasteiger partial charge in [0.1, 0.15) is 0 Å². The molecule has 2 aliphatic rings. The van der Waals surface area contributed by atoms with Crippen LogP contribution in [0.2, 0.25) is 0 Å². The lowest BCUT2D eigenvalue weighted by Gasteiger charge is -2.23. The molecule has 0 bridgehead atoms. The first-order chi connectivity index (χ1) is 6.81. The Balaban J connectivity index is 2.16. The predicted octanol–water partition coefficient (Wildman–Crippen LogP) is 1.95. The zero-order chi connectivity index (χ0) is 9.97. The van der Waals surface area contributed by atoms with Crippen molar-refractivity contribution >= 4 is 17.5 Å². The van der Waals surface area contributed by atoms with Gasteiger partial charge in [0, 0.05) is 18.0 Å². The van der Waals surface area contributed by atoms with Gasteiger partial charge in [0.15, 0.2) is 0 Å². The lowest BCUT2D eigenvalue weighted by atomic mass is 10.1. The summed E-state index contributed by atoms with van der Waals surface area (Å²) in [6, 6.07) is 0. The van der Waals surface area contributed by atoms with Crippen LogP contribution in [-0.4, -0.2) is 43.5 Å². The molecule has 0 N–H and O–H groups in total. The first-order valence-corrected chi connectivity index (χ1v) is 6.20. The van der Waals surface area contributed by atoms with Crippen LogP contribution in [0.5, 0.6) is 0 Å². The summed E-state index contributed by atoms with van der Waals surface area (Å²) in [7, 11) is 2.17. The molecule has 76 valence electrons. The lowest BCUT2D eigenvalue weighted by Crippen LogP contribution is -2.28. The van der Waals surface area contributed by atoms with Crippen molar-refractivity contribution in [1.82, 2.24) is 4.90 Å². The fraction of sp³-hybridized carbons (Fsp3) is 0.545. The summed E-state index contributed by atoms with van der Waals surface area (Å²) in [5.74, 6) is 0. The van der Waals surface area contributed by atoms with Gasteiger partial charge in [-0.1, -0.05) is 6.08 Å². The van der Waals surface area contributed by atoms with Crippen LogP contribution in [0.4, 0.5) is 0 Å². The summed E-state index contributed by atoms with van der Waals surface area (Å²) in [5.41, 5.74) is 2.65. The van der Waals surface area contributed by atoms with E-state index >= 15 is 0 Å². The number of hydrogen-bond donors (Lipinski definition) is 0. The van der Waals surface area contributed by atoms with Crippen molar-refractivity contribution in [3.63, 3.8) is 0 Å². The molecule has 0 unspecified atom stereocenters. The average Bonchev–Trinajstić information content (AvgIpc) is 2.65. The summed E-state index contributed by atoms with van der Waals surface area (Å²) >= 11 is 1.81. The third-order valence-corrected chi connectivity index (χ3v) is 3.43. The van der Waals surface area contributed by atoms with E-state index in [0.29, 0.717) is 0 Å². The zero-order valence-corrected chi connectivity index (χ0v) is 9.60. The van der Waals surface area contributed by atoms with E-state index in [-0.39, 0.29) is 0 Å². The van der Waals surface area contributed by atoms with E-state index in [9.17, 15) is 0 Å². The van der Waals surface area contributed by atoms with Crippen LogP contribution < -0.4 is 0 Å². The first-order valence-electron chi connectivity index (χ1n) is 4.98. The predicted molar refractivity (Wildman–Crippen MR) is 64.1 cm³/mol. The first kappa shape index (κ1) is 9.99. The Labute approximate surface area is 89.8 Å². The smallest absolute Gasteiger partial charge is 0.0753 e. The van der Waals surface area contributed by atoms with Gasteiger partial charge in [0.25, 0.3) is 0 Å². The molecule has 0 spiro atoms. The summed E-state index contributed by atoms with van der Waals surface area (Å²) < 4.78 is 0. The van der Waals surface area contributed by atoms with Crippen LogP contribution in [0.25, 0.3) is 0 Å². The van der Waals surface area contributed by atoms with Crippen molar-refractivity contribution in [2.24, 2.45) is 4.99 Å². The Morgan fingerprint density at radius 1 is 1.43 bits per heavy atom. The van der Waals surface area contributed by atoms with E-state index in [1.807, 2.05) is 0 Å². The van der Waals surface area contributed by atoms with Crippen molar-refractivity contribution in [2.75, 3.05) is 32.9 Å². The molecule has 2 heterocycles. The maximum absolute atomic E-state index is 4.55. The molecule has 2 rings (SSSR count). The molecule has 3 heteroatoms. The van der Waals surface area contributed by atoms with Crippen molar-refractivity contribution in [2.45, 2.75) is 6.42 Å². The van der Waals surface area contributed by atoms with Gasteiger partial charge >= 0.3 is 0 Å². The number of thioether (sulfide) groups is 1. The number of nitrogens with zero attached hydrogens (tertiary/aromatic N) is 2. The van der Waals surface area contributed by atoms with Crippen LogP contribution in [-0.2, 0) is 0 Å². The molecule has 2 aliphatic heterocycles. The Morgan fingerprint density at radius 3 is 3.00 bits per heavy atom. The minimum absolute atomic E-state index is 0.868. The summed E-state index contributed by atoms with van der Waals surface area (Å²) in [6.07, 6.45) is 7.84. The molecule has 0 atom stereocenters. The molecule has 0 saturated heterocycles. The van der Waals surface area contributed by atoms with Crippen LogP contribution in [0, 0.1) is 0 Å². The highest BCUT2D eigenvalue weighted by molar-refractivity contribution is 8.03. The van der Waals surface area contributed by atoms with Gasteiger partial charge in [-0.15, -0.1) is 11.8 Å². The van der Waals surface area contributed by atoms with Gasteiger partial charge in [0.05, 0.1) is 12.3 Å². The highest BCUT2D eigenvalue weighted by Crippen LogP contribution is 2.24. The molecule has 0 fully saturated rings. The molecule has 0 aromatic carbocycles. The van der Waals surface area contributed by atoms with Crippen molar-refractivity contribution in [3.05, 3.63) is 22.6 Å². The topological polar surface area (TPSA) is 15.6 Å². The Bertz CT molecular complexity index is 315. The SMILES string of the molecule is CSC1=CCN=C1C1=CCCN(C)C1. The number of likely N-dealkylation sites (N-methyl/N-ethyl adjacent to an activating group) is 1. The van der Waals surface area contributed by atoms with E-state index in [0.717, 1.165) is 19.5 Å². The minimum Gasteiger partial charge on any atom is -0.302 e. The molecular weight excluding hydrogens is 192 g/mol. The number of hydrogen-bond acceptors (Lipinski definition) is 3. The zero-order valence-electron chi connectivity index (χ0n) is 8.79. The van der Waals surface area contributed by atoms with Gasteiger partial charge in [-0.05, 0) is 31.4 Å². The van der Waals surface area contributed by atoms with Crippen molar-refractivity contribution in [3.8, 4) is 0 Å². The number of aliphatic imine (C=N–C) groups is 1. The summed E-state index contributed by atoms with van der Waals surface area (Å²) in [4.78, 5) is 8.26. The van der Waals surface area contributed by atoms with Crippen LogP contribution in [0.15, 0.2) is 27.6 Å².